The van der Waals surface area contributed by atoms with Gasteiger partial charge < -0.3 is 5.32 Å². The number of aryl methyl sites for hydroxylation is 2. The monoisotopic (exact) mass is 362 g/mol. The van der Waals surface area contributed by atoms with Crippen LogP contribution in [0.15, 0.2) is 12.1 Å². The van der Waals surface area contributed by atoms with E-state index >= 15 is 0 Å². The minimum atomic E-state index is 0. The maximum Gasteiger partial charge on any atom is 0.0378 e. The van der Waals surface area contributed by atoms with Crippen molar-refractivity contribution in [2.75, 3.05) is 13.1 Å². The molecule has 2 nitrogen and oxygen atoms in total. The average molecular weight is 362 g/mol. The van der Waals surface area contributed by atoms with Gasteiger partial charge in [0.1, 0.15) is 0 Å². The van der Waals surface area contributed by atoms with E-state index in [4.69, 9.17) is 0 Å². The number of piperidine rings is 1. The molecule has 1 aromatic rings. The standard InChI is InChI=1S/C13H20N2.C2H6.HI/c1-10-6-13(7-11(2)15-10)8-12-4-3-5-14-9-12;1-2;/h6-7,12,14H,3-5,8-9H2,1-2H3;1-2H3;1H. The van der Waals surface area contributed by atoms with Gasteiger partial charge in [0.15, 0.2) is 0 Å². The molecule has 18 heavy (non-hydrogen) atoms. The lowest BCUT2D eigenvalue weighted by Gasteiger charge is -2.22. The highest BCUT2D eigenvalue weighted by atomic mass is 127. The van der Waals surface area contributed by atoms with Crippen LogP contribution in [0.4, 0.5) is 0 Å². The molecule has 1 atom stereocenters. The van der Waals surface area contributed by atoms with Gasteiger partial charge in [-0.1, -0.05) is 13.8 Å². The second-order valence-electron chi connectivity index (χ2n) is 4.67. The molecule has 0 radical (unpaired) electrons. The molecule has 2 heterocycles. The summed E-state index contributed by atoms with van der Waals surface area (Å²) in [5, 5.41) is 3.47. The Bertz CT molecular complexity index is 313. The van der Waals surface area contributed by atoms with Gasteiger partial charge >= 0.3 is 0 Å². The van der Waals surface area contributed by atoms with Gasteiger partial charge in [-0.2, -0.15) is 0 Å². The van der Waals surface area contributed by atoms with Crippen molar-refractivity contribution in [1.82, 2.24) is 10.3 Å². The van der Waals surface area contributed by atoms with E-state index in [1.54, 1.807) is 0 Å². The third-order valence-electron chi connectivity index (χ3n) is 3.06. The first-order valence-electron chi connectivity index (χ1n) is 6.89. The van der Waals surface area contributed by atoms with Gasteiger partial charge in [0, 0.05) is 11.4 Å². The number of halogens is 1. The predicted molar refractivity (Wildman–Crippen MR) is 89.8 cm³/mol. The van der Waals surface area contributed by atoms with Crippen LogP contribution in [0.1, 0.15) is 43.6 Å². The summed E-state index contributed by atoms with van der Waals surface area (Å²) < 4.78 is 0. The highest BCUT2D eigenvalue weighted by Crippen LogP contribution is 2.17. The zero-order valence-electron chi connectivity index (χ0n) is 12.1. The van der Waals surface area contributed by atoms with Crippen LogP contribution in [-0.4, -0.2) is 18.1 Å². The molecule has 1 saturated heterocycles. The Balaban J connectivity index is 0.000000917. The van der Waals surface area contributed by atoms with Crippen LogP contribution in [0.2, 0.25) is 0 Å². The Hall–Kier alpha value is -0.160. The van der Waals surface area contributed by atoms with Gasteiger partial charge in [-0.15, -0.1) is 24.0 Å². The lowest BCUT2D eigenvalue weighted by atomic mass is 9.92. The lowest BCUT2D eigenvalue weighted by molar-refractivity contribution is 0.376. The van der Waals surface area contributed by atoms with Crippen LogP contribution >= 0.6 is 24.0 Å². The normalized spacial score (nSPS) is 18.3. The topological polar surface area (TPSA) is 24.9 Å². The van der Waals surface area contributed by atoms with Gasteiger partial charge in [-0.05, 0) is 69.8 Å². The van der Waals surface area contributed by atoms with Gasteiger partial charge in [0.2, 0.25) is 0 Å². The van der Waals surface area contributed by atoms with Crippen molar-refractivity contribution in [3.63, 3.8) is 0 Å². The predicted octanol–water partition coefficient (Wildman–Crippen LogP) is 3.88. The van der Waals surface area contributed by atoms with Crippen LogP contribution in [0.25, 0.3) is 0 Å². The fraction of sp³-hybridized carbons (Fsp3) is 0.667. The summed E-state index contributed by atoms with van der Waals surface area (Å²) in [5.41, 5.74) is 3.75. The van der Waals surface area contributed by atoms with Crippen molar-refractivity contribution in [3.8, 4) is 0 Å². The molecule has 1 fully saturated rings. The van der Waals surface area contributed by atoms with Crippen LogP contribution in [0.5, 0.6) is 0 Å². The molecule has 1 N–H and O–H groups in total. The summed E-state index contributed by atoms with van der Waals surface area (Å²) in [5.74, 6) is 0.819. The summed E-state index contributed by atoms with van der Waals surface area (Å²) in [6.07, 6.45) is 3.90. The molecular formula is C15H27IN2. The average Bonchev–Trinajstić information content (AvgIpc) is 2.31. The smallest absolute Gasteiger partial charge is 0.0378 e. The first-order valence-corrected chi connectivity index (χ1v) is 6.89. The van der Waals surface area contributed by atoms with Crippen molar-refractivity contribution < 1.29 is 0 Å². The maximum atomic E-state index is 4.41. The molecule has 1 aliphatic rings. The van der Waals surface area contributed by atoms with E-state index in [1.807, 2.05) is 13.8 Å². The molecule has 0 aromatic carbocycles. The number of aromatic nitrogens is 1. The quantitative estimate of drug-likeness (QED) is 0.808. The zero-order valence-corrected chi connectivity index (χ0v) is 14.5. The maximum absolute atomic E-state index is 4.41. The zero-order chi connectivity index (χ0) is 12.7. The number of hydrogen-bond donors (Lipinski definition) is 1. The Morgan fingerprint density at radius 1 is 1.22 bits per heavy atom. The Labute approximate surface area is 129 Å². The summed E-state index contributed by atoms with van der Waals surface area (Å²) in [4.78, 5) is 4.41. The summed E-state index contributed by atoms with van der Waals surface area (Å²) in [7, 11) is 0. The molecule has 2 rings (SSSR count). The molecule has 104 valence electrons. The highest BCUT2D eigenvalue weighted by molar-refractivity contribution is 14.0. The van der Waals surface area contributed by atoms with Crippen LogP contribution in [0.3, 0.4) is 0 Å². The molecule has 1 unspecified atom stereocenters. The van der Waals surface area contributed by atoms with Crippen LogP contribution < -0.4 is 5.32 Å². The Morgan fingerprint density at radius 2 is 1.83 bits per heavy atom. The van der Waals surface area contributed by atoms with Crippen LogP contribution in [-0.2, 0) is 6.42 Å². The number of hydrogen-bond acceptors (Lipinski definition) is 2. The number of nitrogens with zero attached hydrogens (tertiary/aromatic N) is 1. The molecule has 1 aromatic heterocycles. The van der Waals surface area contributed by atoms with E-state index in [1.165, 1.54) is 37.9 Å². The van der Waals surface area contributed by atoms with Gasteiger partial charge in [0.25, 0.3) is 0 Å². The van der Waals surface area contributed by atoms with Crippen molar-refractivity contribution in [1.29, 1.82) is 0 Å². The Morgan fingerprint density at radius 3 is 2.33 bits per heavy atom. The third-order valence-corrected chi connectivity index (χ3v) is 3.06. The molecule has 0 amide bonds. The van der Waals surface area contributed by atoms with Crippen molar-refractivity contribution in [2.45, 2.75) is 47.0 Å². The molecule has 0 aliphatic carbocycles. The molecule has 0 bridgehead atoms. The SMILES string of the molecule is CC.Cc1cc(CC2CCCNC2)cc(C)n1.I. The van der Waals surface area contributed by atoms with Crippen LogP contribution in [0, 0.1) is 19.8 Å². The second-order valence-corrected chi connectivity index (χ2v) is 4.67. The summed E-state index contributed by atoms with van der Waals surface area (Å²) in [6, 6.07) is 4.45. The van der Waals surface area contributed by atoms with Gasteiger partial charge in [-0.3, -0.25) is 4.98 Å². The lowest BCUT2D eigenvalue weighted by Crippen LogP contribution is -2.30. The van der Waals surface area contributed by atoms with Gasteiger partial charge in [-0.25, -0.2) is 0 Å². The first-order chi connectivity index (χ1) is 8.24. The van der Waals surface area contributed by atoms with Crippen molar-refractivity contribution in [2.24, 2.45) is 5.92 Å². The molecule has 3 heteroatoms. The molecule has 0 spiro atoms. The van der Waals surface area contributed by atoms with E-state index < -0.39 is 0 Å². The van der Waals surface area contributed by atoms with Crippen molar-refractivity contribution >= 4 is 24.0 Å². The minimum absolute atomic E-state index is 0. The van der Waals surface area contributed by atoms with E-state index in [-0.39, 0.29) is 24.0 Å². The second kappa shape index (κ2) is 9.73. The first kappa shape index (κ1) is 17.8. The molecule has 1 aliphatic heterocycles. The highest BCUT2D eigenvalue weighted by Gasteiger charge is 2.13. The van der Waals surface area contributed by atoms with E-state index in [2.05, 4.69) is 36.3 Å². The fourth-order valence-electron chi connectivity index (χ4n) is 2.47. The Kier molecular flexibility index (Phi) is 9.64. The van der Waals surface area contributed by atoms with Gasteiger partial charge in [0.05, 0.1) is 0 Å². The summed E-state index contributed by atoms with van der Waals surface area (Å²) >= 11 is 0. The summed E-state index contributed by atoms with van der Waals surface area (Å²) in [6.45, 7) is 10.5. The van der Waals surface area contributed by atoms with Crippen molar-refractivity contribution in [3.05, 3.63) is 29.1 Å². The molecule has 0 saturated carbocycles. The third kappa shape index (κ3) is 6.14. The number of rotatable bonds is 2. The minimum Gasteiger partial charge on any atom is -0.316 e. The molecular weight excluding hydrogens is 335 g/mol. The fourth-order valence-corrected chi connectivity index (χ4v) is 2.47. The van der Waals surface area contributed by atoms with E-state index in [0.717, 1.165) is 17.3 Å². The van der Waals surface area contributed by atoms with E-state index in [0.29, 0.717) is 0 Å². The number of pyridine rings is 1. The number of nitrogens with one attached hydrogen (secondary N) is 1. The van der Waals surface area contributed by atoms with E-state index in [9.17, 15) is 0 Å². The largest absolute Gasteiger partial charge is 0.316 e.